The summed E-state index contributed by atoms with van der Waals surface area (Å²) in [4.78, 5) is 17.8. The SMILES string of the molecule is CC[C@H](C)NC(=S)N(Cc1cc2cccc(C)c2[nH]c1=O)C[C@H]1CCCO1. The lowest BCUT2D eigenvalue weighted by Crippen LogP contribution is -2.46. The molecule has 3 rings (SSSR count). The summed E-state index contributed by atoms with van der Waals surface area (Å²) in [5, 5.41) is 5.11. The quantitative estimate of drug-likeness (QED) is 0.743. The van der Waals surface area contributed by atoms with Gasteiger partial charge in [-0.1, -0.05) is 25.1 Å². The minimum absolute atomic E-state index is 0.0551. The van der Waals surface area contributed by atoms with Gasteiger partial charge in [0.05, 0.1) is 18.2 Å². The molecule has 0 unspecified atom stereocenters. The number of aromatic amines is 1. The van der Waals surface area contributed by atoms with E-state index in [2.05, 4.69) is 29.0 Å². The van der Waals surface area contributed by atoms with Crippen LogP contribution in [0.5, 0.6) is 0 Å². The molecule has 2 atom stereocenters. The van der Waals surface area contributed by atoms with Crippen LogP contribution < -0.4 is 10.9 Å². The van der Waals surface area contributed by atoms with Gasteiger partial charge >= 0.3 is 0 Å². The predicted octanol–water partition coefficient (Wildman–Crippen LogP) is 3.49. The molecule has 0 bridgehead atoms. The minimum Gasteiger partial charge on any atom is -0.376 e. The first-order valence-electron chi connectivity index (χ1n) is 9.76. The molecule has 0 aliphatic carbocycles. The van der Waals surface area contributed by atoms with E-state index in [1.54, 1.807) is 0 Å². The smallest absolute Gasteiger partial charge is 0.253 e. The van der Waals surface area contributed by atoms with Crippen LogP contribution in [0.1, 0.15) is 44.2 Å². The van der Waals surface area contributed by atoms with Crippen molar-refractivity contribution in [2.75, 3.05) is 13.2 Å². The molecule has 1 aliphatic heterocycles. The molecule has 2 aromatic rings. The fourth-order valence-corrected chi connectivity index (χ4v) is 3.75. The molecular weight excluding hydrogens is 358 g/mol. The second-order valence-corrected chi connectivity index (χ2v) is 7.82. The number of nitrogens with zero attached hydrogens (tertiary/aromatic N) is 1. The van der Waals surface area contributed by atoms with E-state index in [1.165, 1.54) is 0 Å². The first kappa shape index (κ1) is 19.8. The Hall–Kier alpha value is -1.92. The van der Waals surface area contributed by atoms with Crippen LogP contribution in [0.15, 0.2) is 29.1 Å². The third kappa shape index (κ3) is 4.87. The van der Waals surface area contributed by atoms with Crippen LogP contribution in [-0.4, -0.2) is 40.3 Å². The molecule has 6 heteroatoms. The summed E-state index contributed by atoms with van der Waals surface area (Å²) in [6.07, 6.45) is 3.28. The number of pyridine rings is 1. The van der Waals surface area contributed by atoms with Crippen LogP contribution in [0.25, 0.3) is 10.9 Å². The van der Waals surface area contributed by atoms with Gasteiger partial charge in [0.1, 0.15) is 0 Å². The lowest BCUT2D eigenvalue weighted by molar-refractivity contribution is 0.0895. The number of aryl methyl sites for hydroxylation is 1. The maximum atomic E-state index is 12.7. The largest absolute Gasteiger partial charge is 0.376 e. The summed E-state index contributed by atoms with van der Waals surface area (Å²) in [5.41, 5.74) is 2.64. The third-order valence-corrected chi connectivity index (χ3v) is 5.62. The standard InChI is InChI=1S/C21H29N3O2S/c1-4-15(3)22-21(27)24(13-18-9-6-10-26-18)12-17-11-16-8-5-7-14(2)19(16)23-20(17)25/h5,7-8,11,15,18H,4,6,9-10,12-13H2,1-3H3,(H,22,27)(H,23,25)/t15-,18+/m0/s1. The molecule has 1 aliphatic rings. The van der Waals surface area contributed by atoms with Gasteiger partial charge in [-0.3, -0.25) is 4.79 Å². The van der Waals surface area contributed by atoms with E-state index >= 15 is 0 Å². The van der Waals surface area contributed by atoms with Crippen LogP contribution in [0.3, 0.4) is 0 Å². The van der Waals surface area contributed by atoms with Crippen LogP contribution in [0.4, 0.5) is 0 Å². The van der Waals surface area contributed by atoms with Gasteiger partial charge in [-0.05, 0) is 62.3 Å². The van der Waals surface area contributed by atoms with Gasteiger partial charge in [0.2, 0.25) is 0 Å². The molecular formula is C21H29N3O2S. The summed E-state index contributed by atoms with van der Waals surface area (Å²) in [5.74, 6) is 0. The topological polar surface area (TPSA) is 57.4 Å². The Bertz CT molecular complexity index is 858. The van der Waals surface area contributed by atoms with Crippen molar-refractivity contribution in [3.05, 3.63) is 45.7 Å². The van der Waals surface area contributed by atoms with Crippen LogP contribution in [-0.2, 0) is 11.3 Å². The van der Waals surface area contributed by atoms with Gasteiger partial charge in [0, 0.05) is 24.8 Å². The summed E-state index contributed by atoms with van der Waals surface area (Å²) in [6.45, 7) is 8.23. The first-order chi connectivity index (χ1) is 13.0. The third-order valence-electron chi connectivity index (χ3n) is 5.24. The van der Waals surface area contributed by atoms with E-state index in [-0.39, 0.29) is 11.7 Å². The Labute approximate surface area is 166 Å². The summed E-state index contributed by atoms with van der Waals surface area (Å²) >= 11 is 5.66. The van der Waals surface area contributed by atoms with E-state index < -0.39 is 0 Å². The fourth-order valence-electron chi connectivity index (χ4n) is 3.41. The zero-order chi connectivity index (χ0) is 19.4. The molecule has 2 heterocycles. The number of fused-ring (bicyclic) bond motifs is 1. The Morgan fingerprint density at radius 1 is 1.48 bits per heavy atom. The molecule has 0 spiro atoms. The highest BCUT2D eigenvalue weighted by atomic mass is 32.1. The number of nitrogens with one attached hydrogen (secondary N) is 2. The number of ether oxygens (including phenoxy) is 1. The van der Waals surface area contributed by atoms with E-state index in [9.17, 15) is 4.79 Å². The zero-order valence-electron chi connectivity index (χ0n) is 16.4. The molecule has 27 heavy (non-hydrogen) atoms. The molecule has 2 N–H and O–H groups in total. The molecule has 1 aromatic heterocycles. The highest BCUT2D eigenvalue weighted by Crippen LogP contribution is 2.18. The number of thiocarbonyl (C=S) groups is 1. The van der Waals surface area contributed by atoms with Crippen molar-refractivity contribution in [2.45, 2.75) is 58.7 Å². The number of hydrogen-bond acceptors (Lipinski definition) is 3. The molecule has 146 valence electrons. The maximum Gasteiger partial charge on any atom is 0.253 e. The molecule has 0 radical (unpaired) electrons. The second kappa shape index (κ2) is 8.85. The number of benzene rings is 1. The van der Waals surface area contributed by atoms with Gasteiger partial charge < -0.3 is 19.9 Å². The molecule has 1 aromatic carbocycles. The fraction of sp³-hybridized carbons (Fsp3) is 0.524. The Morgan fingerprint density at radius 3 is 3.00 bits per heavy atom. The first-order valence-corrected chi connectivity index (χ1v) is 10.2. The number of hydrogen-bond donors (Lipinski definition) is 2. The highest BCUT2D eigenvalue weighted by Gasteiger charge is 2.22. The van der Waals surface area contributed by atoms with E-state index in [0.717, 1.165) is 47.9 Å². The normalized spacial score (nSPS) is 17.8. The second-order valence-electron chi connectivity index (χ2n) is 7.44. The van der Waals surface area contributed by atoms with Gasteiger partial charge in [-0.25, -0.2) is 0 Å². The lowest BCUT2D eigenvalue weighted by atomic mass is 10.1. The number of H-pyrrole nitrogens is 1. The van der Waals surface area contributed by atoms with Crippen molar-refractivity contribution in [2.24, 2.45) is 0 Å². The maximum absolute atomic E-state index is 12.7. The Balaban J connectivity index is 1.86. The van der Waals surface area contributed by atoms with Gasteiger partial charge in [-0.15, -0.1) is 0 Å². The van der Waals surface area contributed by atoms with Gasteiger partial charge in [-0.2, -0.15) is 0 Å². The van der Waals surface area contributed by atoms with Crippen molar-refractivity contribution in [3.63, 3.8) is 0 Å². The molecule has 1 saturated heterocycles. The number of para-hydroxylation sites is 1. The zero-order valence-corrected chi connectivity index (χ0v) is 17.2. The van der Waals surface area contributed by atoms with E-state index in [0.29, 0.717) is 24.2 Å². The van der Waals surface area contributed by atoms with Gasteiger partial charge in [0.15, 0.2) is 5.11 Å². The average molecular weight is 388 g/mol. The monoisotopic (exact) mass is 387 g/mol. The molecule has 1 fully saturated rings. The number of rotatable bonds is 6. The molecule has 0 amide bonds. The summed E-state index contributed by atoms with van der Waals surface area (Å²) in [7, 11) is 0. The van der Waals surface area contributed by atoms with Gasteiger partial charge in [0.25, 0.3) is 5.56 Å². The van der Waals surface area contributed by atoms with Crippen molar-refractivity contribution in [3.8, 4) is 0 Å². The Morgan fingerprint density at radius 2 is 2.30 bits per heavy atom. The van der Waals surface area contributed by atoms with E-state index in [1.807, 2.05) is 31.2 Å². The van der Waals surface area contributed by atoms with Crippen LogP contribution in [0.2, 0.25) is 0 Å². The van der Waals surface area contributed by atoms with Crippen molar-refractivity contribution in [1.82, 2.24) is 15.2 Å². The van der Waals surface area contributed by atoms with Crippen LogP contribution in [0, 0.1) is 6.92 Å². The minimum atomic E-state index is -0.0551. The van der Waals surface area contributed by atoms with Crippen molar-refractivity contribution in [1.29, 1.82) is 0 Å². The van der Waals surface area contributed by atoms with Crippen molar-refractivity contribution >= 4 is 28.2 Å². The molecule has 0 saturated carbocycles. The van der Waals surface area contributed by atoms with Crippen molar-refractivity contribution < 1.29 is 4.74 Å². The predicted molar refractivity (Wildman–Crippen MR) is 114 cm³/mol. The van der Waals surface area contributed by atoms with E-state index in [4.69, 9.17) is 17.0 Å². The highest BCUT2D eigenvalue weighted by molar-refractivity contribution is 7.80. The summed E-state index contributed by atoms with van der Waals surface area (Å²) < 4.78 is 5.80. The number of aromatic nitrogens is 1. The summed E-state index contributed by atoms with van der Waals surface area (Å²) in [6, 6.07) is 8.32. The van der Waals surface area contributed by atoms with Crippen LogP contribution >= 0.6 is 12.2 Å². The average Bonchev–Trinajstić information content (AvgIpc) is 3.15. The lowest BCUT2D eigenvalue weighted by Gasteiger charge is -2.29. The molecule has 5 nitrogen and oxygen atoms in total. The Kier molecular flexibility index (Phi) is 6.50.